The van der Waals surface area contributed by atoms with Crippen molar-refractivity contribution in [3.05, 3.63) is 63.8 Å². The van der Waals surface area contributed by atoms with E-state index in [4.69, 9.17) is 4.74 Å². The van der Waals surface area contributed by atoms with Gasteiger partial charge < -0.3 is 25.3 Å². The normalized spacial score (nSPS) is 16.0. The number of hydrogen-bond acceptors (Lipinski definition) is 4. The summed E-state index contributed by atoms with van der Waals surface area (Å²) < 4.78 is 5.13. The van der Waals surface area contributed by atoms with Crippen molar-refractivity contribution in [1.29, 1.82) is 0 Å². The van der Waals surface area contributed by atoms with E-state index in [2.05, 4.69) is 61.5 Å². The lowest BCUT2D eigenvalue weighted by molar-refractivity contribution is 0.0789. The van der Waals surface area contributed by atoms with Crippen LogP contribution in [0.2, 0.25) is 0 Å². The molecule has 33 heavy (non-hydrogen) atoms. The van der Waals surface area contributed by atoms with E-state index >= 15 is 0 Å². The molecule has 1 amide bonds. The van der Waals surface area contributed by atoms with Gasteiger partial charge >= 0.3 is 0 Å². The summed E-state index contributed by atoms with van der Waals surface area (Å²) in [5.74, 6) is 0.0984. The van der Waals surface area contributed by atoms with E-state index in [0.29, 0.717) is 12.6 Å². The van der Waals surface area contributed by atoms with E-state index in [-0.39, 0.29) is 5.91 Å². The molecule has 2 aromatic carbocycles. The Kier molecular flexibility index (Phi) is 7.05. The summed E-state index contributed by atoms with van der Waals surface area (Å²) in [4.78, 5) is 18.9. The first-order valence-electron chi connectivity index (χ1n) is 11.8. The van der Waals surface area contributed by atoms with Gasteiger partial charge in [-0.25, -0.2) is 0 Å². The Morgan fingerprint density at radius 3 is 2.67 bits per heavy atom. The van der Waals surface area contributed by atoms with Crippen LogP contribution >= 0.6 is 0 Å². The van der Waals surface area contributed by atoms with E-state index in [9.17, 15) is 4.79 Å². The first kappa shape index (κ1) is 23.3. The third-order valence-corrected chi connectivity index (χ3v) is 6.98. The Hall–Kier alpha value is -2.83. The molecule has 176 valence electrons. The number of amides is 1. The zero-order valence-corrected chi connectivity index (χ0v) is 20.5. The smallest absolute Gasteiger partial charge is 0.254 e. The van der Waals surface area contributed by atoms with Crippen LogP contribution in [0.15, 0.2) is 30.3 Å². The Labute approximate surface area is 196 Å². The lowest BCUT2D eigenvalue weighted by atomic mass is 10.0. The highest BCUT2D eigenvalue weighted by Gasteiger charge is 2.27. The minimum atomic E-state index is 0.0984. The molecular formula is C27H36N4O2. The number of rotatable bonds is 8. The maximum absolute atomic E-state index is 13.5. The van der Waals surface area contributed by atoms with E-state index in [1.165, 1.54) is 22.3 Å². The number of hydrogen-bond donors (Lipinski definition) is 3. The van der Waals surface area contributed by atoms with Crippen LogP contribution in [-0.4, -0.2) is 55.2 Å². The average Bonchev–Trinajstić information content (AvgIpc) is 3.38. The molecule has 0 aliphatic carbocycles. The number of anilines is 1. The third-order valence-electron chi connectivity index (χ3n) is 6.98. The number of ether oxygens (including phenoxy) is 1. The highest BCUT2D eigenvalue weighted by Crippen LogP contribution is 2.31. The van der Waals surface area contributed by atoms with Gasteiger partial charge in [-0.2, -0.15) is 0 Å². The molecule has 1 aliphatic heterocycles. The number of fused-ring (bicyclic) bond motifs is 1. The van der Waals surface area contributed by atoms with Crippen molar-refractivity contribution in [2.24, 2.45) is 0 Å². The van der Waals surface area contributed by atoms with Gasteiger partial charge in [-0.05, 0) is 68.5 Å². The monoisotopic (exact) mass is 448 g/mol. The van der Waals surface area contributed by atoms with Crippen molar-refractivity contribution in [1.82, 2.24) is 15.2 Å². The lowest BCUT2D eigenvalue weighted by Crippen LogP contribution is -2.36. The topological polar surface area (TPSA) is 69.4 Å². The zero-order valence-electron chi connectivity index (χ0n) is 20.5. The molecule has 1 saturated heterocycles. The second kappa shape index (κ2) is 9.98. The predicted molar refractivity (Wildman–Crippen MR) is 135 cm³/mol. The Morgan fingerprint density at radius 2 is 1.94 bits per heavy atom. The van der Waals surface area contributed by atoms with Gasteiger partial charge in [0.2, 0.25) is 0 Å². The SMILES string of the molecule is COCCNC1CCN(C(=O)c2cc(NCc3c(C)cccc3C)c3[nH]c(C)c(C)c3c2)C1. The van der Waals surface area contributed by atoms with Crippen LogP contribution in [0.4, 0.5) is 5.69 Å². The van der Waals surface area contributed by atoms with Gasteiger partial charge in [0.25, 0.3) is 5.91 Å². The minimum Gasteiger partial charge on any atom is -0.383 e. The fourth-order valence-electron chi connectivity index (χ4n) is 4.79. The number of methoxy groups -OCH3 is 1. The molecule has 2 heterocycles. The number of likely N-dealkylation sites (tertiary alicyclic amines) is 1. The van der Waals surface area contributed by atoms with E-state index < -0.39 is 0 Å². The summed E-state index contributed by atoms with van der Waals surface area (Å²) in [6, 6.07) is 10.8. The van der Waals surface area contributed by atoms with Gasteiger partial charge in [0, 0.05) is 56.0 Å². The van der Waals surface area contributed by atoms with Gasteiger partial charge in [0.15, 0.2) is 0 Å². The van der Waals surface area contributed by atoms with Crippen LogP contribution in [-0.2, 0) is 11.3 Å². The largest absolute Gasteiger partial charge is 0.383 e. The highest BCUT2D eigenvalue weighted by atomic mass is 16.5. The van der Waals surface area contributed by atoms with Gasteiger partial charge in [0.1, 0.15) is 0 Å². The zero-order chi connectivity index (χ0) is 23.5. The lowest BCUT2D eigenvalue weighted by Gasteiger charge is -2.19. The van der Waals surface area contributed by atoms with Gasteiger partial charge in [-0.15, -0.1) is 0 Å². The van der Waals surface area contributed by atoms with E-state index in [1.54, 1.807) is 7.11 Å². The number of aromatic amines is 1. The molecule has 1 unspecified atom stereocenters. The molecule has 0 saturated carbocycles. The minimum absolute atomic E-state index is 0.0984. The summed E-state index contributed by atoms with van der Waals surface area (Å²) in [7, 11) is 1.71. The number of H-pyrrole nitrogens is 1. The Bertz CT molecular complexity index is 1130. The van der Waals surface area contributed by atoms with Crippen LogP contribution in [0.5, 0.6) is 0 Å². The standard InChI is InChI=1S/C27H36N4O2/c1-17-7-6-8-18(2)24(17)15-29-25-14-21(13-23-19(3)20(4)30-26(23)25)27(32)31-11-9-22(16-31)28-10-12-33-5/h6-8,13-14,22,28-30H,9-12,15-16H2,1-5H3. The van der Waals surface area contributed by atoms with Crippen LogP contribution in [0.25, 0.3) is 10.9 Å². The number of benzene rings is 2. The van der Waals surface area contributed by atoms with Crippen LogP contribution < -0.4 is 10.6 Å². The average molecular weight is 449 g/mol. The number of aromatic nitrogens is 1. The number of carbonyl (C=O) groups excluding carboxylic acids is 1. The molecule has 1 aliphatic rings. The van der Waals surface area contributed by atoms with Crippen LogP contribution in [0.1, 0.15) is 44.7 Å². The van der Waals surface area contributed by atoms with E-state index in [0.717, 1.165) is 60.4 Å². The predicted octanol–water partition coefficient (Wildman–Crippen LogP) is 4.46. The maximum atomic E-state index is 13.5. The van der Waals surface area contributed by atoms with Crippen molar-refractivity contribution >= 4 is 22.5 Å². The molecule has 1 aromatic heterocycles. The van der Waals surface area contributed by atoms with Crippen molar-refractivity contribution < 1.29 is 9.53 Å². The van der Waals surface area contributed by atoms with Gasteiger partial charge in [-0.1, -0.05) is 18.2 Å². The van der Waals surface area contributed by atoms with Crippen molar-refractivity contribution in [2.45, 2.75) is 46.7 Å². The third kappa shape index (κ3) is 4.92. The molecule has 0 radical (unpaired) electrons. The molecular weight excluding hydrogens is 412 g/mol. The first-order valence-corrected chi connectivity index (χ1v) is 11.8. The van der Waals surface area contributed by atoms with Crippen molar-refractivity contribution in [3.8, 4) is 0 Å². The van der Waals surface area contributed by atoms with Gasteiger partial charge in [-0.3, -0.25) is 4.79 Å². The van der Waals surface area contributed by atoms with E-state index in [1.807, 2.05) is 17.0 Å². The Balaban J connectivity index is 1.59. The number of aryl methyl sites for hydroxylation is 4. The number of nitrogens with zero attached hydrogens (tertiary/aromatic N) is 1. The first-order chi connectivity index (χ1) is 15.9. The quantitative estimate of drug-likeness (QED) is 0.445. The summed E-state index contributed by atoms with van der Waals surface area (Å²) in [5, 5.41) is 8.22. The Morgan fingerprint density at radius 1 is 1.18 bits per heavy atom. The van der Waals surface area contributed by atoms with Crippen LogP contribution in [0, 0.1) is 27.7 Å². The summed E-state index contributed by atoms with van der Waals surface area (Å²) >= 11 is 0. The van der Waals surface area contributed by atoms with Crippen molar-refractivity contribution in [3.63, 3.8) is 0 Å². The molecule has 3 N–H and O–H groups in total. The second-order valence-electron chi connectivity index (χ2n) is 9.23. The fourth-order valence-corrected chi connectivity index (χ4v) is 4.79. The molecule has 3 aromatic rings. The molecule has 0 bridgehead atoms. The van der Waals surface area contributed by atoms with Crippen molar-refractivity contribution in [2.75, 3.05) is 38.7 Å². The number of carbonyl (C=O) groups is 1. The molecule has 1 fully saturated rings. The fraction of sp³-hybridized carbons (Fsp3) is 0.444. The number of nitrogens with one attached hydrogen (secondary N) is 3. The molecule has 6 heteroatoms. The highest BCUT2D eigenvalue weighted by molar-refractivity contribution is 6.03. The summed E-state index contributed by atoms with van der Waals surface area (Å²) in [6.07, 6.45) is 0.970. The summed E-state index contributed by atoms with van der Waals surface area (Å²) in [5.41, 5.74) is 8.95. The molecule has 4 rings (SSSR count). The van der Waals surface area contributed by atoms with Gasteiger partial charge in [0.05, 0.1) is 17.8 Å². The summed E-state index contributed by atoms with van der Waals surface area (Å²) in [6.45, 7) is 12.2. The molecule has 6 nitrogen and oxygen atoms in total. The second-order valence-corrected chi connectivity index (χ2v) is 9.23. The maximum Gasteiger partial charge on any atom is 0.254 e. The van der Waals surface area contributed by atoms with Crippen LogP contribution in [0.3, 0.4) is 0 Å². The molecule has 0 spiro atoms. The molecule has 1 atom stereocenters.